The van der Waals surface area contributed by atoms with Crippen molar-refractivity contribution in [1.82, 2.24) is 4.90 Å². The van der Waals surface area contributed by atoms with Crippen molar-refractivity contribution >= 4 is 5.91 Å². The van der Waals surface area contributed by atoms with E-state index in [9.17, 15) is 15.0 Å². The van der Waals surface area contributed by atoms with E-state index < -0.39 is 0 Å². The molecule has 0 bridgehead atoms. The topological polar surface area (TPSA) is 60.8 Å². The molecule has 2 aromatic carbocycles. The minimum atomic E-state index is -0.218. The third-order valence-corrected chi connectivity index (χ3v) is 5.91. The Bertz CT molecular complexity index is 745. The lowest BCUT2D eigenvalue weighted by Crippen LogP contribution is -2.35. The lowest BCUT2D eigenvalue weighted by molar-refractivity contribution is -0.132. The van der Waals surface area contributed by atoms with E-state index in [1.807, 2.05) is 47.4 Å². The average Bonchev–Trinajstić information content (AvgIpc) is 3.19. The number of aliphatic hydroxyl groups is 1. The normalized spacial score (nSPS) is 25.9. The van der Waals surface area contributed by atoms with Gasteiger partial charge in [0.15, 0.2) is 0 Å². The largest absolute Gasteiger partial charge is 0.508 e. The van der Waals surface area contributed by atoms with Crippen molar-refractivity contribution < 1.29 is 15.0 Å². The van der Waals surface area contributed by atoms with E-state index >= 15 is 0 Å². The summed E-state index contributed by atoms with van der Waals surface area (Å²) in [6.45, 7) is 1.53. The number of nitrogens with zero attached hydrogens (tertiary/aromatic N) is 1. The van der Waals surface area contributed by atoms with E-state index in [0.717, 1.165) is 37.1 Å². The van der Waals surface area contributed by atoms with Gasteiger partial charge in [0.2, 0.25) is 5.91 Å². The maximum Gasteiger partial charge on any atom is 0.230 e. The number of hydrogen-bond donors (Lipinski definition) is 2. The molecule has 2 unspecified atom stereocenters. The summed E-state index contributed by atoms with van der Waals surface area (Å²) in [5.41, 5.74) is 2.07. The number of likely N-dealkylation sites (tertiary alicyclic amines) is 1. The highest BCUT2D eigenvalue weighted by Gasteiger charge is 2.43. The van der Waals surface area contributed by atoms with Gasteiger partial charge in [-0.2, -0.15) is 0 Å². The first-order valence-electron chi connectivity index (χ1n) is 9.40. The highest BCUT2D eigenvalue weighted by Crippen LogP contribution is 2.39. The molecule has 1 aliphatic heterocycles. The maximum atomic E-state index is 13.3. The molecule has 26 heavy (non-hydrogen) atoms. The second-order valence-electron chi connectivity index (χ2n) is 7.72. The van der Waals surface area contributed by atoms with Crippen molar-refractivity contribution in [1.29, 1.82) is 0 Å². The summed E-state index contributed by atoms with van der Waals surface area (Å²) in [6, 6.07) is 17.1. The predicted molar refractivity (Wildman–Crippen MR) is 99.8 cm³/mol. The van der Waals surface area contributed by atoms with Gasteiger partial charge in [0.1, 0.15) is 5.75 Å². The zero-order chi connectivity index (χ0) is 18.1. The van der Waals surface area contributed by atoms with Gasteiger partial charge < -0.3 is 15.1 Å². The van der Waals surface area contributed by atoms with Gasteiger partial charge in [-0.15, -0.1) is 0 Å². The fourth-order valence-electron chi connectivity index (χ4n) is 4.57. The molecule has 4 heteroatoms. The lowest BCUT2D eigenvalue weighted by atomic mass is 9.90. The van der Waals surface area contributed by atoms with Crippen LogP contribution in [0.1, 0.15) is 29.9 Å². The van der Waals surface area contributed by atoms with Crippen molar-refractivity contribution in [3.63, 3.8) is 0 Å². The van der Waals surface area contributed by atoms with Crippen molar-refractivity contribution in [2.24, 2.45) is 11.8 Å². The molecular formula is C22H25NO3. The predicted octanol–water partition coefficient (Wildman–Crippen LogP) is 2.95. The van der Waals surface area contributed by atoms with Crippen molar-refractivity contribution in [2.75, 3.05) is 13.1 Å². The number of phenols is 1. The molecule has 4 rings (SSSR count). The molecule has 1 heterocycles. The molecule has 4 atom stereocenters. The number of carbonyl (C=O) groups excluding carboxylic acids is 1. The van der Waals surface area contributed by atoms with Crippen LogP contribution in [-0.4, -0.2) is 40.2 Å². The van der Waals surface area contributed by atoms with Gasteiger partial charge in [0.05, 0.1) is 12.0 Å². The smallest absolute Gasteiger partial charge is 0.230 e. The van der Waals surface area contributed by atoms with Gasteiger partial charge in [0, 0.05) is 13.1 Å². The van der Waals surface area contributed by atoms with Gasteiger partial charge in [-0.25, -0.2) is 0 Å². The number of amides is 1. The van der Waals surface area contributed by atoms with E-state index in [2.05, 4.69) is 0 Å². The van der Waals surface area contributed by atoms with Crippen LogP contribution in [-0.2, 0) is 11.2 Å². The van der Waals surface area contributed by atoms with E-state index in [-0.39, 0.29) is 23.7 Å². The molecule has 0 radical (unpaired) electrons. The zero-order valence-electron chi connectivity index (χ0n) is 14.8. The van der Waals surface area contributed by atoms with Gasteiger partial charge >= 0.3 is 0 Å². The first kappa shape index (κ1) is 17.1. The second-order valence-corrected chi connectivity index (χ2v) is 7.72. The van der Waals surface area contributed by atoms with Crippen LogP contribution in [0.4, 0.5) is 0 Å². The monoisotopic (exact) mass is 351 g/mol. The van der Waals surface area contributed by atoms with Crippen molar-refractivity contribution in [3.05, 3.63) is 65.7 Å². The molecule has 1 aliphatic carbocycles. The summed E-state index contributed by atoms with van der Waals surface area (Å²) in [5.74, 6) is 1.08. The van der Waals surface area contributed by atoms with E-state index in [1.165, 1.54) is 0 Å². The Morgan fingerprint density at radius 1 is 1.00 bits per heavy atom. The molecule has 136 valence electrons. The first-order valence-corrected chi connectivity index (χ1v) is 9.40. The molecule has 2 N–H and O–H groups in total. The Labute approximate surface area is 154 Å². The highest BCUT2D eigenvalue weighted by molar-refractivity contribution is 5.84. The fourth-order valence-corrected chi connectivity index (χ4v) is 4.57. The molecule has 4 nitrogen and oxygen atoms in total. The number of fused-ring (bicyclic) bond motifs is 1. The number of aliphatic hydroxyl groups excluding tert-OH is 1. The lowest BCUT2D eigenvalue weighted by Gasteiger charge is -2.25. The van der Waals surface area contributed by atoms with Gasteiger partial charge in [-0.3, -0.25) is 4.79 Å². The molecule has 0 aromatic heterocycles. The Morgan fingerprint density at radius 2 is 1.62 bits per heavy atom. The Morgan fingerprint density at radius 3 is 2.23 bits per heavy atom. The van der Waals surface area contributed by atoms with Crippen LogP contribution < -0.4 is 0 Å². The van der Waals surface area contributed by atoms with Gasteiger partial charge in [0.25, 0.3) is 0 Å². The summed E-state index contributed by atoms with van der Waals surface area (Å²) in [4.78, 5) is 15.3. The van der Waals surface area contributed by atoms with Crippen molar-refractivity contribution in [2.45, 2.75) is 31.3 Å². The van der Waals surface area contributed by atoms with Gasteiger partial charge in [-0.05, 0) is 54.4 Å². The number of hydrogen-bond acceptors (Lipinski definition) is 3. The number of carbonyl (C=O) groups is 1. The van der Waals surface area contributed by atoms with Crippen LogP contribution >= 0.6 is 0 Å². The molecule has 1 saturated heterocycles. The Kier molecular flexibility index (Phi) is 4.68. The van der Waals surface area contributed by atoms with Crippen LogP contribution in [0.3, 0.4) is 0 Å². The standard InChI is InChI=1S/C22H25NO3/c24-19-8-6-15(7-9-19)10-21(16-4-2-1-3-5-16)22(26)23-13-17-11-20(25)12-18(17)14-23/h1-9,17-18,20-21,24-25H,10-14H2/t17-,18+,20?,21?. The quantitative estimate of drug-likeness (QED) is 0.890. The van der Waals surface area contributed by atoms with Crippen LogP contribution in [0.2, 0.25) is 0 Å². The number of phenolic OH excluding ortho intramolecular Hbond substituents is 1. The molecule has 2 aliphatic rings. The van der Waals surface area contributed by atoms with E-state index in [0.29, 0.717) is 18.3 Å². The fraction of sp³-hybridized carbons (Fsp3) is 0.409. The van der Waals surface area contributed by atoms with E-state index in [4.69, 9.17) is 0 Å². The Balaban J connectivity index is 1.55. The Hall–Kier alpha value is -2.33. The average molecular weight is 351 g/mol. The molecule has 1 amide bonds. The molecule has 2 aromatic rings. The minimum Gasteiger partial charge on any atom is -0.508 e. The third kappa shape index (κ3) is 3.47. The van der Waals surface area contributed by atoms with E-state index in [1.54, 1.807) is 12.1 Å². The van der Waals surface area contributed by atoms with Crippen LogP contribution in [0.15, 0.2) is 54.6 Å². The summed E-state index contributed by atoms with van der Waals surface area (Å²) in [5, 5.41) is 19.3. The van der Waals surface area contributed by atoms with Crippen molar-refractivity contribution in [3.8, 4) is 5.75 Å². The van der Waals surface area contributed by atoms with Crippen LogP contribution in [0.5, 0.6) is 5.75 Å². The number of aromatic hydroxyl groups is 1. The number of rotatable bonds is 4. The summed E-state index contributed by atoms with van der Waals surface area (Å²) >= 11 is 0. The van der Waals surface area contributed by atoms with Crippen LogP contribution in [0.25, 0.3) is 0 Å². The molecule has 2 fully saturated rings. The molecule has 1 saturated carbocycles. The SMILES string of the molecule is O=C(C(Cc1ccc(O)cc1)c1ccccc1)N1C[C@H]2CC(O)C[C@H]2C1. The summed E-state index contributed by atoms with van der Waals surface area (Å²) < 4.78 is 0. The zero-order valence-corrected chi connectivity index (χ0v) is 14.8. The van der Waals surface area contributed by atoms with Crippen LogP contribution in [0, 0.1) is 11.8 Å². The molecule has 0 spiro atoms. The van der Waals surface area contributed by atoms with Gasteiger partial charge in [-0.1, -0.05) is 42.5 Å². The summed E-state index contributed by atoms with van der Waals surface area (Å²) in [7, 11) is 0. The summed E-state index contributed by atoms with van der Waals surface area (Å²) in [6.07, 6.45) is 2.08. The highest BCUT2D eigenvalue weighted by atomic mass is 16.3. The maximum absolute atomic E-state index is 13.3. The molecular weight excluding hydrogens is 326 g/mol. The second kappa shape index (κ2) is 7.12. The number of benzene rings is 2. The third-order valence-electron chi connectivity index (χ3n) is 5.91. The minimum absolute atomic E-state index is 0.174. The first-order chi connectivity index (χ1) is 12.6.